The molecule has 0 aromatic rings. The van der Waals surface area contributed by atoms with Crippen molar-refractivity contribution in [3.63, 3.8) is 0 Å². The Morgan fingerprint density at radius 1 is 0.449 bits per heavy atom. The van der Waals surface area contributed by atoms with Crippen LogP contribution in [0.5, 0.6) is 0 Å². The van der Waals surface area contributed by atoms with Gasteiger partial charge in [0.25, 0.3) is 0 Å². The number of hydrogen-bond donors (Lipinski definition) is 0. The van der Waals surface area contributed by atoms with Crippen LogP contribution in [0.2, 0.25) is 0 Å². The molecule has 0 aromatic heterocycles. The predicted molar refractivity (Wildman–Crippen MR) is 288 cm³/mol. The van der Waals surface area contributed by atoms with Crippen LogP contribution in [0.25, 0.3) is 0 Å². The van der Waals surface area contributed by atoms with Crippen LogP contribution in [0.15, 0.2) is 60.8 Å². The highest BCUT2D eigenvalue weighted by molar-refractivity contribution is 5.70. The number of unbranched alkanes of at least 4 members (excludes halogenated alkanes) is 27. The van der Waals surface area contributed by atoms with Gasteiger partial charge in [0, 0.05) is 12.8 Å². The molecule has 0 aromatic carbocycles. The summed E-state index contributed by atoms with van der Waals surface area (Å²) in [6.07, 6.45) is 61.4. The quantitative estimate of drug-likeness (QED) is 0.0195. The van der Waals surface area contributed by atoms with E-state index in [1.165, 1.54) is 148 Å². The lowest BCUT2D eigenvalue weighted by molar-refractivity contribution is -0.870. The van der Waals surface area contributed by atoms with E-state index in [1.807, 2.05) is 21.1 Å². The molecule has 9 heteroatoms. The molecule has 0 aliphatic carbocycles. The monoisotopic (exact) mass is 970 g/mol. The fraction of sp³-hybridized carbons (Fsp3) is 0.783. The molecule has 2 atom stereocenters. The molecule has 0 heterocycles. The van der Waals surface area contributed by atoms with Gasteiger partial charge in [-0.2, -0.15) is 0 Å². The first-order valence-corrected chi connectivity index (χ1v) is 28.4. The molecule has 0 amide bonds. The Labute approximate surface area is 425 Å². The van der Waals surface area contributed by atoms with Crippen LogP contribution in [0, 0.1) is 0 Å². The Morgan fingerprint density at radius 2 is 0.826 bits per heavy atom. The van der Waals surface area contributed by atoms with Gasteiger partial charge in [-0.25, -0.2) is 0 Å². The lowest BCUT2D eigenvalue weighted by Gasteiger charge is -2.26. The molecule has 0 rings (SSSR count). The minimum absolute atomic E-state index is 0.149. The molecule has 400 valence electrons. The molecule has 0 aliphatic rings. The normalized spacial score (nSPS) is 13.2. The highest BCUT2D eigenvalue weighted by atomic mass is 16.7. The standard InChI is InChI=1S/C60H107NO8/c1-6-8-10-12-14-16-18-19-20-21-22-23-24-25-26-27-28-29-30-31-32-33-34-35-36-37-38-39-41-43-45-47-49-51-58(63)69-56(55-68-60(59(64)65)66-53-52-61(3,4)5)54-67-57(62)50-48-46-44-42-40-17-15-13-11-9-7-2/h8,10,14,16,19-20,22-23,25-26,56,60H,6-7,9,11-13,15,17-18,21,24,27-55H2,1-5H3/b10-8-,16-14-,20-19-,23-22-,26-25-. The summed E-state index contributed by atoms with van der Waals surface area (Å²) in [6.45, 7) is 4.64. The number of carboxylic acid groups (broad SMARTS) is 1. The van der Waals surface area contributed by atoms with Crippen molar-refractivity contribution < 1.29 is 42.9 Å². The third-order valence-electron chi connectivity index (χ3n) is 12.3. The van der Waals surface area contributed by atoms with Crippen LogP contribution in [-0.2, 0) is 33.3 Å². The molecule has 0 saturated heterocycles. The molecule has 0 bridgehead atoms. The van der Waals surface area contributed by atoms with E-state index < -0.39 is 24.3 Å². The van der Waals surface area contributed by atoms with Crippen LogP contribution in [0.1, 0.15) is 245 Å². The van der Waals surface area contributed by atoms with Gasteiger partial charge < -0.3 is 33.3 Å². The van der Waals surface area contributed by atoms with Gasteiger partial charge in [-0.05, 0) is 57.8 Å². The van der Waals surface area contributed by atoms with E-state index in [-0.39, 0.29) is 32.2 Å². The Hall–Kier alpha value is -3.01. The second kappa shape index (κ2) is 51.3. The smallest absolute Gasteiger partial charge is 0.306 e. The summed E-state index contributed by atoms with van der Waals surface area (Å²) in [7, 11) is 5.92. The van der Waals surface area contributed by atoms with Crippen molar-refractivity contribution >= 4 is 17.9 Å². The Balaban J connectivity index is 4.06. The number of hydrogen-bond acceptors (Lipinski definition) is 8. The highest BCUT2D eigenvalue weighted by Crippen LogP contribution is 2.16. The summed E-state index contributed by atoms with van der Waals surface area (Å²) in [5.41, 5.74) is 0. The van der Waals surface area contributed by atoms with E-state index in [0.717, 1.165) is 64.2 Å². The highest BCUT2D eigenvalue weighted by Gasteiger charge is 2.22. The van der Waals surface area contributed by atoms with Crippen LogP contribution < -0.4 is 5.11 Å². The zero-order chi connectivity index (χ0) is 50.6. The summed E-state index contributed by atoms with van der Waals surface area (Å²) >= 11 is 0. The fourth-order valence-electron chi connectivity index (χ4n) is 7.92. The second-order valence-electron chi connectivity index (χ2n) is 20.2. The summed E-state index contributed by atoms with van der Waals surface area (Å²) in [6, 6.07) is 0. The second-order valence-corrected chi connectivity index (χ2v) is 20.2. The zero-order valence-electron chi connectivity index (χ0n) is 45.4. The predicted octanol–water partition coefficient (Wildman–Crippen LogP) is 15.1. The van der Waals surface area contributed by atoms with Crippen molar-refractivity contribution in [2.75, 3.05) is 47.5 Å². The van der Waals surface area contributed by atoms with Crippen molar-refractivity contribution in [3.05, 3.63) is 60.8 Å². The maximum atomic E-state index is 12.8. The maximum absolute atomic E-state index is 12.8. The van der Waals surface area contributed by atoms with E-state index in [2.05, 4.69) is 74.6 Å². The number of quaternary nitrogens is 1. The van der Waals surface area contributed by atoms with E-state index in [0.29, 0.717) is 23.9 Å². The average Bonchev–Trinajstić information content (AvgIpc) is 3.31. The number of esters is 2. The number of allylic oxidation sites excluding steroid dienone is 10. The number of aliphatic carboxylic acids is 1. The van der Waals surface area contributed by atoms with Crippen molar-refractivity contribution in [3.8, 4) is 0 Å². The summed E-state index contributed by atoms with van der Waals surface area (Å²) in [4.78, 5) is 37.1. The number of carbonyl (C=O) groups excluding carboxylic acids is 3. The van der Waals surface area contributed by atoms with Crippen molar-refractivity contribution in [1.82, 2.24) is 0 Å². The average molecular weight is 971 g/mol. The molecule has 9 nitrogen and oxygen atoms in total. The topological polar surface area (TPSA) is 111 Å². The minimum atomic E-state index is -1.62. The first-order chi connectivity index (χ1) is 33.6. The number of rotatable bonds is 52. The summed E-state index contributed by atoms with van der Waals surface area (Å²) in [5, 5.41) is 11.7. The molecule has 0 aliphatic heterocycles. The van der Waals surface area contributed by atoms with Gasteiger partial charge >= 0.3 is 11.9 Å². The Kier molecular flexibility index (Phi) is 49.1. The maximum Gasteiger partial charge on any atom is 0.306 e. The molecule has 2 unspecified atom stereocenters. The van der Waals surface area contributed by atoms with Gasteiger partial charge in [0.05, 0.1) is 40.3 Å². The van der Waals surface area contributed by atoms with Crippen LogP contribution >= 0.6 is 0 Å². The van der Waals surface area contributed by atoms with E-state index in [9.17, 15) is 19.5 Å². The van der Waals surface area contributed by atoms with Gasteiger partial charge in [-0.3, -0.25) is 9.59 Å². The van der Waals surface area contributed by atoms with E-state index in [4.69, 9.17) is 18.9 Å². The molecule has 0 N–H and O–H groups in total. The number of ether oxygens (including phenoxy) is 4. The lowest BCUT2D eigenvalue weighted by atomic mass is 10.0. The van der Waals surface area contributed by atoms with E-state index in [1.54, 1.807) is 0 Å². The van der Waals surface area contributed by atoms with Gasteiger partial charge in [0.15, 0.2) is 12.4 Å². The van der Waals surface area contributed by atoms with Crippen molar-refractivity contribution in [2.24, 2.45) is 0 Å². The first-order valence-electron chi connectivity index (χ1n) is 28.4. The zero-order valence-corrected chi connectivity index (χ0v) is 45.4. The third-order valence-corrected chi connectivity index (χ3v) is 12.3. The van der Waals surface area contributed by atoms with Gasteiger partial charge in [0.2, 0.25) is 0 Å². The number of nitrogens with zero attached hydrogens (tertiary/aromatic N) is 1. The SMILES string of the molecule is CC/C=C\C/C=C\C/C=C\C/C=C\C/C=C\CCCCCCCCCCCCCCCCCCCC(=O)OC(COC(=O)CCCCCCCCCCCCC)COC(OCC[N+](C)(C)C)C(=O)[O-]. The lowest BCUT2D eigenvalue weighted by Crippen LogP contribution is -2.44. The first kappa shape index (κ1) is 66.0. The minimum Gasteiger partial charge on any atom is -0.545 e. The van der Waals surface area contributed by atoms with Crippen molar-refractivity contribution in [2.45, 2.75) is 257 Å². The number of carboxylic acids is 1. The number of carbonyl (C=O) groups is 3. The number of likely N-dealkylation sites (N-methyl/N-ethyl adjacent to an activating group) is 1. The van der Waals surface area contributed by atoms with Crippen LogP contribution in [0.4, 0.5) is 0 Å². The fourth-order valence-corrected chi connectivity index (χ4v) is 7.92. The summed E-state index contributed by atoms with van der Waals surface area (Å²) in [5.74, 6) is -2.27. The molecule has 0 saturated carbocycles. The molecule has 0 radical (unpaired) electrons. The molecular weight excluding hydrogens is 863 g/mol. The molecule has 0 spiro atoms. The molecule has 69 heavy (non-hydrogen) atoms. The van der Waals surface area contributed by atoms with Crippen LogP contribution in [-0.4, -0.2) is 82.3 Å². The van der Waals surface area contributed by atoms with Gasteiger partial charge in [-0.15, -0.1) is 0 Å². The third kappa shape index (κ3) is 52.6. The molecular formula is C60H107NO8. The Morgan fingerprint density at radius 3 is 1.23 bits per heavy atom. The van der Waals surface area contributed by atoms with E-state index >= 15 is 0 Å². The van der Waals surface area contributed by atoms with Crippen molar-refractivity contribution in [1.29, 1.82) is 0 Å². The Bertz CT molecular complexity index is 1310. The van der Waals surface area contributed by atoms with Gasteiger partial charge in [-0.1, -0.05) is 235 Å². The van der Waals surface area contributed by atoms with Crippen LogP contribution in [0.3, 0.4) is 0 Å². The molecule has 0 fully saturated rings. The summed E-state index contributed by atoms with van der Waals surface area (Å²) < 4.78 is 22.6. The van der Waals surface area contributed by atoms with Gasteiger partial charge in [0.1, 0.15) is 13.2 Å². The largest absolute Gasteiger partial charge is 0.545 e.